The van der Waals surface area contributed by atoms with Crippen molar-refractivity contribution in [2.75, 3.05) is 13.1 Å². The SMILES string of the molecule is Cc1ccc(OC2CN(Cc3nnc(C4CC(N)C4)n3C)C2)cc1. The van der Waals surface area contributed by atoms with Gasteiger partial charge in [-0.25, -0.2) is 0 Å². The number of aromatic nitrogens is 3. The number of rotatable bonds is 5. The van der Waals surface area contributed by atoms with Gasteiger partial charge in [0.25, 0.3) is 0 Å². The quantitative estimate of drug-likeness (QED) is 0.903. The van der Waals surface area contributed by atoms with Crippen molar-refractivity contribution in [3.05, 3.63) is 41.5 Å². The van der Waals surface area contributed by atoms with Gasteiger partial charge in [-0.2, -0.15) is 0 Å². The number of likely N-dealkylation sites (tertiary alicyclic amines) is 1. The van der Waals surface area contributed by atoms with E-state index in [-0.39, 0.29) is 6.10 Å². The van der Waals surface area contributed by atoms with Gasteiger partial charge in [-0.15, -0.1) is 10.2 Å². The molecule has 2 aliphatic rings. The molecule has 2 N–H and O–H groups in total. The number of hydrogen-bond donors (Lipinski definition) is 1. The lowest BCUT2D eigenvalue weighted by atomic mass is 9.80. The first kappa shape index (κ1) is 15.6. The van der Waals surface area contributed by atoms with Crippen molar-refractivity contribution in [1.82, 2.24) is 19.7 Å². The molecule has 1 aliphatic carbocycles. The third kappa shape index (κ3) is 3.03. The predicted octanol–water partition coefficient (Wildman–Crippen LogP) is 1.59. The molecule has 4 rings (SSSR count). The third-order valence-corrected chi connectivity index (χ3v) is 5.15. The maximum atomic E-state index is 5.99. The molecule has 2 heterocycles. The summed E-state index contributed by atoms with van der Waals surface area (Å²) in [5.74, 6) is 3.55. The summed E-state index contributed by atoms with van der Waals surface area (Å²) >= 11 is 0. The van der Waals surface area contributed by atoms with Crippen LogP contribution in [0.3, 0.4) is 0 Å². The minimum Gasteiger partial charge on any atom is -0.488 e. The Morgan fingerprint density at radius 2 is 1.88 bits per heavy atom. The van der Waals surface area contributed by atoms with Crippen LogP contribution in [-0.2, 0) is 13.6 Å². The van der Waals surface area contributed by atoms with Crippen LogP contribution < -0.4 is 10.5 Å². The number of ether oxygens (including phenoxy) is 1. The van der Waals surface area contributed by atoms with Crippen molar-refractivity contribution in [3.63, 3.8) is 0 Å². The summed E-state index contributed by atoms with van der Waals surface area (Å²) in [5, 5.41) is 8.75. The number of benzene rings is 1. The van der Waals surface area contributed by atoms with E-state index in [1.807, 2.05) is 12.1 Å². The van der Waals surface area contributed by atoms with Gasteiger partial charge >= 0.3 is 0 Å². The molecule has 1 aliphatic heterocycles. The zero-order valence-corrected chi connectivity index (χ0v) is 14.4. The zero-order chi connectivity index (χ0) is 16.7. The van der Waals surface area contributed by atoms with E-state index in [1.165, 1.54) is 5.56 Å². The van der Waals surface area contributed by atoms with Gasteiger partial charge < -0.3 is 15.0 Å². The lowest BCUT2D eigenvalue weighted by Gasteiger charge is -2.38. The Morgan fingerprint density at radius 3 is 2.54 bits per heavy atom. The van der Waals surface area contributed by atoms with E-state index in [0.717, 1.165) is 49.9 Å². The molecule has 2 fully saturated rings. The van der Waals surface area contributed by atoms with Gasteiger partial charge in [0.15, 0.2) is 0 Å². The highest BCUT2D eigenvalue weighted by molar-refractivity contribution is 5.26. The summed E-state index contributed by atoms with van der Waals surface area (Å²) in [4.78, 5) is 2.35. The molecule has 128 valence electrons. The minimum absolute atomic E-state index is 0.269. The van der Waals surface area contributed by atoms with Crippen molar-refractivity contribution in [1.29, 1.82) is 0 Å². The van der Waals surface area contributed by atoms with Crippen molar-refractivity contribution in [2.45, 2.75) is 44.4 Å². The molecule has 0 spiro atoms. The molecule has 0 atom stereocenters. The Balaban J connectivity index is 1.28. The van der Waals surface area contributed by atoms with Crippen LogP contribution in [0.15, 0.2) is 24.3 Å². The molecule has 24 heavy (non-hydrogen) atoms. The fourth-order valence-electron chi connectivity index (χ4n) is 3.48. The lowest BCUT2D eigenvalue weighted by molar-refractivity contribution is 0.0124. The highest BCUT2D eigenvalue weighted by atomic mass is 16.5. The minimum atomic E-state index is 0.269. The topological polar surface area (TPSA) is 69.2 Å². The van der Waals surface area contributed by atoms with E-state index in [2.05, 4.69) is 45.8 Å². The Hall–Kier alpha value is -1.92. The molecule has 1 aromatic carbocycles. The van der Waals surface area contributed by atoms with E-state index in [0.29, 0.717) is 12.0 Å². The zero-order valence-electron chi connectivity index (χ0n) is 14.4. The second-order valence-corrected chi connectivity index (χ2v) is 7.21. The molecule has 6 nitrogen and oxygen atoms in total. The van der Waals surface area contributed by atoms with Gasteiger partial charge in [0.1, 0.15) is 23.5 Å². The van der Waals surface area contributed by atoms with Gasteiger partial charge in [-0.3, -0.25) is 4.90 Å². The summed E-state index contributed by atoms with van der Waals surface area (Å²) in [5.41, 5.74) is 7.13. The van der Waals surface area contributed by atoms with Gasteiger partial charge in [0.05, 0.1) is 6.54 Å². The standard InChI is InChI=1S/C18H25N5O/c1-12-3-5-15(6-4-12)24-16-9-23(10-16)11-17-20-21-18(22(17)2)13-7-14(19)8-13/h3-6,13-14,16H,7-11,19H2,1-2H3. The summed E-state index contributed by atoms with van der Waals surface area (Å²) in [7, 11) is 2.06. The van der Waals surface area contributed by atoms with E-state index in [1.54, 1.807) is 0 Å². The molecule has 2 aromatic rings. The van der Waals surface area contributed by atoms with Crippen LogP contribution in [0, 0.1) is 6.92 Å². The molecule has 1 saturated heterocycles. The Labute approximate surface area is 142 Å². The van der Waals surface area contributed by atoms with Crippen LogP contribution >= 0.6 is 0 Å². The molecule has 0 amide bonds. The van der Waals surface area contributed by atoms with Gasteiger partial charge in [-0.1, -0.05) is 17.7 Å². The highest BCUT2D eigenvalue weighted by Gasteiger charge is 2.33. The molecule has 0 bridgehead atoms. The molecule has 6 heteroatoms. The van der Waals surface area contributed by atoms with E-state index >= 15 is 0 Å². The van der Waals surface area contributed by atoms with Gasteiger partial charge in [0, 0.05) is 32.1 Å². The van der Waals surface area contributed by atoms with Gasteiger partial charge in [-0.05, 0) is 31.9 Å². The lowest BCUT2D eigenvalue weighted by Crippen LogP contribution is -2.53. The maximum absolute atomic E-state index is 5.99. The van der Waals surface area contributed by atoms with E-state index in [4.69, 9.17) is 10.5 Å². The van der Waals surface area contributed by atoms with Crippen molar-refractivity contribution < 1.29 is 4.74 Å². The monoisotopic (exact) mass is 327 g/mol. The summed E-state index contributed by atoms with van der Waals surface area (Å²) < 4.78 is 8.13. The van der Waals surface area contributed by atoms with Crippen molar-refractivity contribution in [2.24, 2.45) is 12.8 Å². The Kier molecular flexibility index (Phi) is 4.02. The number of nitrogens with two attached hydrogens (primary N) is 1. The molecule has 0 radical (unpaired) electrons. The Morgan fingerprint density at radius 1 is 1.17 bits per heavy atom. The van der Waals surface area contributed by atoms with Crippen LogP contribution in [0.25, 0.3) is 0 Å². The van der Waals surface area contributed by atoms with Crippen molar-refractivity contribution >= 4 is 0 Å². The number of aryl methyl sites for hydroxylation is 1. The van der Waals surface area contributed by atoms with E-state index < -0.39 is 0 Å². The smallest absolute Gasteiger partial charge is 0.146 e. The summed E-state index contributed by atoms with van der Waals surface area (Å²) in [6.07, 6.45) is 2.33. The molecular weight excluding hydrogens is 302 g/mol. The normalized spacial score (nSPS) is 24.5. The molecular formula is C18H25N5O. The molecule has 0 unspecified atom stereocenters. The first-order chi connectivity index (χ1) is 11.6. The maximum Gasteiger partial charge on any atom is 0.146 e. The van der Waals surface area contributed by atoms with E-state index in [9.17, 15) is 0 Å². The number of hydrogen-bond acceptors (Lipinski definition) is 5. The average molecular weight is 327 g/mol. The summed E-state index contributed by atoms with van der Waals surface area (Å²) in [6, 6.07) is 8.58. The largest absolute Gasteiger partial charge is 0.488 e. The van der Waals surface area contributed by atoms with Crippen LogP contribution in [0.5, 0.6) is 5.75 Å². The second-order valence-electron chi connectivity index (χ2n) is 7.21. The van der Waals surface area contributed by atoms with Crippen LogP contribution in [-0.4, -0.2) is 44.9 Å². The fourth-order valence-corrected chi connectivity index (χ4v) is 3.48. The molecule has 1 aromatic heterocycles. The second kappa shape index (κ2) is 6.18. The van der Waals surface area contributed by atoms with Crippen LogP contribution in [0.1, 0.15) is 36.0 Å². The first-order valence-corrected chi connectivity index (χ1v) is 8.68. The third-order valence-electron chi connectivity index (χ3n) is 5.15. The Bertz CT molecular complexity index is 699. The van der Waals surface area contributed by atoms with Crippen LogP contribution in [0.2, 0.25) is 0 Å². The predicted molar refractivity (Wildman–Crippen MR) is 91.8 cm³/mol. The van der Waals surface area contributed by atoms with Crippen LogP contribution in [0.4, 0.5) is 0 Å². The average Bonchev–Trinajstić information content (AvgIpc) is 2.85. The number of nitrogens with zero attached hydrogens (tertiary/aromatic N) is 4. The molecule has 1 saturated carbocycles. The highest BCUT2D eigenvalue weighted by Crippen LogP contribution is 2.34. The van der Waals surface area contributed by atoms with Gasteiger partial charge in [0.2, 0.25) is 0 Å². The fraction of sp³-hybridized carbons (Fsp3) is 0.556. The first-order valence-electron chi connectivity index (χ1n) is 8.68. The van der Waals surface area contributed by atoms with Crippen molar-refractivity contribution in [3.8, 4) is 5.75 Å². The summed E-state index contributed by atoms with van der Waals surface area (Å²) in [6.45, 7) is 4.78.